The standard InChI is InChI=1S/C42H27N5S/c43-40(47-42-45-35-17-8-7-16-34(35)38(46-42)27-10-3-1-4-11-27)32-15-9-14-29(25-32)30-20-22-33-31(24-30)19-18-26-21-23-36-39(37(26)33)48-41(44-36)28-12-5-2-6-13-28/h1-25H,(H2,43,45,46,47). The van der Waals surface area contributed by atoms with Crippen LogP contribution in [-0.4, -0.2) is 20.8 Å². The van der Waals surface area contributed by atoms with Gasteiger partial charge in [0.1, 0.15) is 5.01 Å². The number of thiazole rings is 1. The van der Waals surface area contributed by atoms with E-state index in [0.717, 1.165) is 60.3 Å². The molecule has 0 aliphatic rings. The first-order valence-corrected chi connectivity index (χ1v) is 16.6. The Kier molecular flexibility index (Phi) is 6.73. The monoisotopic (exact) mass is 633 g/mol. The average molecular weight is 634 g/mol. The lowest BCUT2D eigenvalue weighted by Gasteiger charge is -2.09. The summed E-state index contributed by atoms with van der Waals surface area (Å²) >= 11 is 1.75. The smallest absolute Gasteiger partial charge is 0.229 e. The van der Waals surface area contributed by atoms with Crippen LogP contribution in [0.15, 0.2) is 157 Å². The third kappa shape index (κ3) is 4.96. The van der Waals surface area contributed by atoms with Crippen molar-refractivity contribution >= 4 is 59.8 Å². The molecule has 9 rings (SSSR count). The lowest BCUT2D eigenvalue weighted by atomic mass is 9.96. The Morgan fingerprint density at radius 1 is 0.583 bits per heavy atom. The number of hydrogen-bond acceptors (Lipinski definition) is 4. The molecule has 2 aromatic heterocycles. The molecule has 0 spiro atoms. The van der Waals surface area contributed by atoms with Crippen LogP contribution in [0.25, 0.3) is 75.6 Å². The van der Waals surface area contributed by atoms with E-state index in [1.807, 2.05) is 78.9 Å². The van der Waals surface area contributed by atoms with E-state index in [1.165, 1.54) is 20.9 Å². The number of aromatic amines is 1. The second-order valence-electron chi connectivity index (χ2n) is 11.8. The van der Waals surface area contributed by atoms with Gasteiger partial charge in [-0.25, -0.2) is 9.97 Å². The zero-order chi connectivity index (χ0) is 32.0. The van der Waals surface area contributed by atoms with Crippen LogP contribution in [0.5, 0.6) is 0 Å². The van der Waals surface area contributed by atoms with Gasteiger partial charge in [0.15, 0.2) is 5.84 Å². The van der Waals surface area contributed by atoms with E-state index in [-0.39, 0.29) is 5.84 Å². The molecule has 226 valence electrons. The van der Waals surface area contributed by atoms with Gasteiger partial charge in [0.2, 0.25) is 5.62 Å². The molecule has 2 N–H and O–H groups in total. The van der Waals surface area contributed by atoms with Crippen LogP contribution in [-0.2, 0) is 0 Å². The molecule has 48 heavy (non-hydrogen) atoms. The third-order valence-corrected chi connectivity index (χ3v) is 9.89. The van der Waals surface area contributed by atoms with Gasteiger partial charge in [0, 0.05) is 27.5 Å². The molecule has 7 aromatic carbocycles. The minimum absolute atomic E-state index is 0.142. The Balaban J connectivity index is 1.10. The lowest BCUT2D eigenvalue weighted by Crippen LogP contribution is -2.17. The minimum Gasteiger partial charge on any atom is -0.323 e. The quantitative estimate of drug-likeness (QED) is 0.115. The fourth-order valence-electron chi connectivity index (χ4n) is 6.41. The van der Waals surface area contributed by atoms with Crippen LogP contribution >= 0.6 is 11.3 Å². The molecule has 0 amide bonds. The highest BCUT2D eigenvalue weighted by atomic mass is 32.1. The summed E-state index contributed by atoms with van der Waals surface area (Å²) in [7, 11) is 0. The van der Waals surface area contributed by atoms with Crippen LogP contribution < -0.4 is 5.62 Å². The first-order chi connectivity index (χ1) is 23.7. The Morgan fingerprint density at radius 2 is 1.29 bits per heavy atom. The number of H-pyrrole nitrogens is 1. The van der Waals surface area contributed by atoms with Crippen molar-refractivity contribution in [3.05, 3.63) is 163 Å². The van der Waals surface area contributed by atoms with Gasteiger partial charge in [-0.15, -0.1) is 11.3 Å². The first-order valence-electron chi connectivity index (χ1n) is 15.8. The van der Waals surface area contributed by atoms with Gasteiger partial charge in [-0.2, -0.15) is 4.99 Å². The Labute approximate surface area is 280 Å². The fraction of sp³-hybridized carbons (Fsp3) is 0. The summed E-state index contributed by atoms with van der Waals surface area (Å²) in [5.41, 5.74) is 8.13. The summed E-state index contributed by atoms with van der Waals surface area (Å²) in [5.74, 6) is 0.142. The molecule has 0 fully saturated rings. The number of aromatic nitrogens is 3. The summed E-state index contributed by atoms with van der Waals surface area (Å²) in [5, 5.41) is 15.8. The SMILES string of the molecule is N=C(N=c1nc(-c2ccccc2)c2ccccc2[nH]1)c1cccc(-c2ccc3c(ccc4ccc5nc(-c6ccccc6)sc5c43)c2)c1. The molecule has 0 aliphatic heterocycles. The van der Waals surface area contributed by atoms with Gasteiger partial charge in [0.05, 0.1) is 21.4 Å². The van der Waals surface area contributed by atoms with Crippen molar-refractivity contribution in [3.8, 4) is 33.0 Å². The highest BCUT2D eigenvalue weighted by Gasteiger charge is 2.13. The van der Waals surface area contributed by atoms with E-state index in [9.17, 15) is 0 Å². The molecule has 5 nitrogen and oxygen atoms in total. The second kappa shape index (κ2) is 11.5. The number of nitrogens with one attached hydrogen (secondary N) is 2. The number of fused-ring (bicyclic) bond motifs is 6. The number of benzene rings is 7. The molecule has 2 heterocycles. The van der Waals surface area contributed by atoms with E-state index in [4.69, 9.17) is 15.4 Å². The predicted octanol–water partition coefficient (Wildman–Crippen LogP) is 10.4. The number of nitrogens with zero attached hydrogens (tertiary/aromatic N) is 3. The van der Waals surface area contributed by atoms with Crippen molar-refractivity contribution in [2.24, 2.45) is 4.99 Å². The van der Waals surface area contributed by atoms with Crippen LogP contribution in [0.1, 0.15) is 5.56 Å². The molecular weight excluding hydrogens is 607 g/mol. The summed E-state index contributed by atoms with van der Waals surface area (Å²) in [6, 6.07) is 51.9. The number of para-hydroxylation sites is 1. The van der Waals surface area contributed by atoms with Crippen molar-refractivity contribution in [3.63, 3.8) is 0 Å². The maximum Gasteiger partial charge on any atom is 0.229 e. The van der Waals surface area contributed by atoms with Crippen LogP contribution in [0.2, 0.25) is 0 Å². The molecule has 0 radical (unpaired) electrons. The van der Waals surface area contributed by atoms with Crippen LogP contribution in [0.3, 0.4) is 0 Å². The average Bonchev–Trinajstić information content (AvgIpc) is 3.60. The molecule has 0 aliphatic carbocycles. The Bertz CT molecular complexity index is 2740. The van der Waals surface area contributed by atoms with Gasteiger partial charge < -0.3 is 4.98 Å². The van der Waals surface area contributed by atoms with Crippen molar-refractivity contribution in [1.29, 1.82) is 5.41 Å². The van der Waals surface area contributed by atoms with E-state index in [0.29, 0.717) is 5.62 Å². The van der Waals surface area contributed by atoms with Crippen molar-refractivity contribution in [2.75, 3.05) is 0 Å². The van der Waals surface area contributed by atoms with Crippen molar-refractivity contribution in [1.82, 2.24) is 15.0 Å². The highest BCUT2D eigenvalue weighted by molar-refractivity contribution is 7.22. The molecule has 0 unspecified atom stereocenters. The number of amidine groups is 1. The summed E-state index contributed by atoms with van der Waals surface area (Å²) < 4.78 is 1.20. The largest absolute Gasteiger partial charge is 0.323 e. The summed E-state index contributed by atoms with van der Waals surface area (Å²) in [4.78, 5) is 17.8. The number of hydrogen-bond donors (Lipinski definition) is 2. The lowest BCUT2D eigenvalue weighted by molar-refractivity contribution is 1.05. The van der Waals surface area contributed by atoms with Crippen molar-refractivity contribution < 1.29 is 0 Å². The molecule has 0 atom stereocenters. The molecule has 9 aromatic rings. The number of rotatable bonds is 4. The molecule has 6 heteroatoms. The zero-order valence-corrected chi connectivity index (χ0v) is 26.5. The van der Waals surface area contributed by atoms with Crippen LogP contribution in [0, 0.1) is 5.41 Å². The molecular formula is C42H27N5S. The van der Waals surface area contributed by atoms with E-state index < -0.39 is 0 Å². The highest BCUT2D eigenvalue weighted by Crippen LogP contribution is 2.39. The maximum atomic E-state index is 8.94. The Morgan fingerprint density at radius 3 is 2.15 bits per heavy atom. The molecule has 0 saturated heterocycles. The van der Waals surface area contributed by atoms with E-state index in [2.05, 4.69) is 82.8 Å². The fourth-order valence-corrected chi connectivity index (χ4v) is 7.55. The normalized spacial score (nSPS) is 12.0. The van der Waals surface area contributed by atoms with Gasteiger partial charge in [-0.05, 0) is 51.6 Å². The second-order valence-corrected chi connectivity index (χ2v) is 12.8. The van der Waals surface area contributed by atoms with Gasteiger partial charge in [-0.1, -0.05) is 127 Å². The van der Waals surface area contributed by atoms with E-state index in [1.54, 1.807) is 11.3 Å². The maximum absolute atomic E-state index is 8.94. The van der Waals surface area contributed by atoms with Crippen LogP contribution in [0.4, 0.5) is 0 Å². The van der Waals surface area contributed by atoms with E-state index >= 15 is 0 Å². The first kappa shape index (κ1) is 28.0. The van der Waals surface area contributed by atoms with Gasteiger partial charge in [0.25, 0.3) is 0 Å². The van der Waals surface area contributed by atoms with Crippen molar-refractivity contribution in [2.45, 2.75) is 0 Å². The Hall–Kier alpha value is -6.24. The summed E-state index contributed by atoms with van der Waals surface area (Å²) in [6.07, 6.45) is 0. The third-order valence-electron chi connectivity index (χ3n) is 8.75. The zero-order valence-electron chi connectivity index (χ0n) is 25.7. The summed E-state index contributed by atoms with van der Waals surface area (Å²) in [6.45, 7) is 0. The predicted molar refractivity (Wildman–Crippen MR) is 199 cm³/mol. The van der Waals surface area contributed by atoms with Gasteiger partial charge in [-0.3, -0.25) is 5.41 Å². The molecule has 0 saturated carbocycles. The topological polar surface area (TPSA) is 77.8 Å². The minimum atomic E-state index is 0.142. The van der Waals surface area contributed by atoms with Gasteiger partial charge >= 0.3 is 0 Å². The molecule has 0 bridgehead atoms.